The van der Waals surface area contributed by atoms with E-state index in [9.17, 15) is 5.26 Å². The third-order valence-corrected chi connectivity index (χ3v) is 5.67. The van der Waals surface area contributed by atoms with Crippen LogP contribution in [0.4, 0.5) is 0 Å². The van der Waals surface area contributed by atoms with Crippen molar-refractivity contribution >= 4 is 22.0 Å². The van der Waals surface area contributed by atoms with Crippen molar-refractivity contribution < 1.29 is 9.15 Å². The number of nitriles is 1. The molecule has 2 aromatic carbocycles. The third kappa shape index (κ3) is 2.92. The third-order valence-electron chi connectivity index (χ3n) is 5.67. The first-order chi connectivity index (χ1) is 15.0. The number of rotatable bonds is 5. The van der Waals surface area contributed by atoms with Gasteiger partial charge in [-0.15, -0.1) is 10.2 Å². The monoisotopic (exact) mass is 413 g/mol. The molecule has 9 heteroatoms. The largest absolute Gasteiger partial charge is 0.496 e. The second-order valence-electron chi connectivity index (χ2n) is 7.69. The molecule has 1 unspecified atom stereocenters. The molecule has 0 aliphatic heterocycles. The van der Waals surface area contributed by atoms with E-state index < -0.39 is 5.41 Å². The van der Waals surface area contributed by atoms with Crippen molar-refractivity contribution in [2.45, 2.75) is 25.7 Å². The first-order valence-corrected chi connectivity index (χ1v) is 9.72. The maximum Gasteiger partial charge on any atom is 0.206 e. The molecule has 0 radical (unpaired) electrons. The fourth-order valence-corrected chi connectivity index (χ4v) is 4.19. The predicted molar refractivity (Wildman–Crippen MR) is 113 cm³/mol. The second kappa shape index (κ2) is 6.95. The number of aromatic nitrogens is 6. The summed E-state index contributed by atoms with van der Waals surface area (Å²) in [6.07, 6.45) is 2.28. The topological polar surface area (TPSA) is 129 Å². The Bertz CT molecular complexity index is 1440. The van der Waals surface area contributed by atoms with Gasteiger partial charge < -0.3 is 14.1 Å². The standard InChI is InChI=1S/C22H19N7O2/c1-12-8-17(30-3)19(14-6-7-24-20(12)14)22(2,10-18-26-28-29-27-18)21-25-15-9-13(11-23)4-5-16(15)31-21/h4-9,24H,10H2,1-3H3,(H,26,27,28,29). The number of nitrogens with zero attached hydrogens (tertiary/aromatic N) is 5. The van der Waals surface area contributed by atoms with Gasteiger partial charge in [0.1, 0.15) is 11.3 Å². The number of H-pyrrole nitrogens is 2. The van der Waals surface area contributed by atoms with Crippen molar-refractivity contribution in [3.63, 3.8) is 0 Å². The number of ether oxygens (including phenoxy) is 1. The van der Waals surface area contributed by atoms with Gasteiger partial charge in [-0.25, -0.2) is 4.98 Å². The Labute approximate surface area is 177 Å². The summed E-state index contributed by atoms with van der Waals surface area (Å²) in [5, 5.41) is 24.8. The molecule has 1 atom stereocenters. The maximum atomic E-state index is 9.25. The predicted octanol–water partition coefficient (Wildman–Crippen LogP) is 3.56. The average molecular weight is 413 g/mol. The van der Waals surface area contributed by atoms with E-state index in [4.69, 9.17) is 14.1 Å². The van der Waals surface area contributed by atoms with Crippen LogP contribution in [0.1, 0.15) is 35.3 Å². The van der Waals surface area contributed by atoms with Crippen molar-refractivity contribution in [3.8, 4) is 11.8 Å². The fraction of sp³-hybridized carbons (Fsp3) is 0.227. The summed E-state index contributed by atoms with van der Waals surface area (Å²) >= 11 is 0. The molecule has 0 aliphatic carbocycles. The molecule has 3 aromatic heterocycles. The lowest BCUT2D eigenvalue weighted by atomic mass is 9.76. The first-order valence-electron chi connectivity index (χ1n) is 9.72. The molecule has 3 heterocycles. The van der Waals surface area contributed by atoms with Crippen LogP contribution in [-0.4, -0.2) is 37.7 Å². The van der Waals surface area contributed by atoms with Crippen molar-refractivity contribution in [1.29, 1.82) is 5.26 Å². The van der Waals surface area contributed by atoms with Gasteiger partial charge in [0.2, 0.25) is 5.89 Å². The summed E-state index contributed by atoms with van der Waals surface area (Å²) < 4.78 is 12.0. The van der Waals surface area contributed by atoms with Crippen LogP contribution in [0.25, 0.3) is 22.0 Å². The Hall–Kier alpha value is -4.19. The van der Waals surface area contributed by atoms with Crippen LogP contribution < -0.4 is 4.74 Å². The van der Waals surface area contributed by atoms with Gasteiger partial charge >= 0.3 is 0 Å². The van der Waals surface area contributed by atoms with E-state index in [2.05, 4.69) is 31.7 Å². The molecule has 31 heavy (non-hydrogen) atoms. The SMILES string of the molecule is COc1cc(C)c2[nH]ccc2c1C(C)(Cc1nn[nH]n1)c1nc2cc(C#N)ccc2o1. The molecule has 0 saturated heterocycles. The Morgan fingerprint density at radius 1 is 1.26 bits per heavy atom. The zero-order valence-electron chi connectivity index (χ0n) is 17.2. The van der Waals surface area contributed by atoms with Gasteiger partial charge in [0.05, 0.1) is 24.2 Å². The lowest BCUT2D eigenvalue weighted by molar-refractivity contribution is 0.367. The van der Waals surface area contributed by atoms with Gasteiger partial charge in [-0.2, -0.15) is 10.5 Å². The van der Waals surface area contributed by atoms with Crippen LogP contribution in [-0.2, 0) is 11.8 Å². The Kier molecular flexibility index (Phi) is 4.22. The molecule has 0 bridgehead atoms. The van der Waals surface area contributed by atoms with Crippen molar-refractivity contribution in [2.24, 2.45) is 0 Å². The van der Waals surface area contributed by atoms with Crippen LogP contribution in [0.5, 0.6) is 5.75 Å². The van der Waals surface area contributed by atoms with Crippen molar-refractivity contribution in [3.05, 3.63) is 64.9 Å². The van der Waals surface area contributed by atoms with Crippen molar-refractivity contribution in [1.82, 2.24) is 30.6 Å². The number of aromatic amines is 2. The number of aryl methyl sites for hydroxylation is 1. The molecule has 0 fully saturated rings. The Morgan fingerprint density at radius 3 is 2.87 bits per heavy atom. The van der Waals surface area contributed by atoms with Gasteiger partial charge in [-0.3, -0.25) is 0 Å². The highest BCUT2D eigenvalue weighted by Gasteiger charge is 2.40. The molecule has 0 amide bonds. The molecule has 0 aliphatic rings. The lowest BCUT2D eigenvalue weighted by Crippen LogP contribution is -2.29. The summed E-state index contributed by atoms with van der Waals surface area (Å²) in [5.41, 5.74) is 3.95. The molecule has 5 rings (SSSR count). The van der Waals surface area contributed by atoms with E-state index in [0.29, 0.717) is 34.8 Å². The highest BCUT2D eigenvalue weighted by molar-refractivity contribution is 5.90. The van der Waals surface area contributed by atoms with E-state index in [-0.39, 0.29) is 0 Å². The number of hydrogen-bond acceptors (Lipinski definition) is 7. The molecule has 154 valence electrons. The number of methoxy groups -OCH3 is 1. The molecule has 2 N–H and O–H groups in total. The number of oxazole rings is 1. The summed E-state index contributed by atoms with van der Waals surface area (Å²) in [6, 6.07) is 11.4. The van der Waals surface area contributed by atoms with Gasteiger partial charge in [0.25, 0.3) is 0 Å². The quantitative estimate of drug-likeness (QED) is 0.450. The van der Waals surface area contributed by atoms with E-state index in [1.807, 2.05) is 32.2 Å². The number of fused-ring (bicyclic) bond motifs is 2. The average Bonchev–Trinajstić information content (AvgIpc) is 3.53. The highest BCUT2D eigenvalue weighted by Crippen LogP contribution is 2.45. The van der Waals surface area contributed by atoms with Crippen LogP contribution in [0.15, 0.2) is 40.9 Å². The van der Waals surface area contributed by atoms with E-state index in [1.54, 1.807) is 25.3 Å². The molecular formula is C22H19N7O2. The van der Waals surface area contributed by atoms with Gasteiger partial charge in [0.15, 0.2) is 11.4 Å². The van der Waals surface area contributed by atoms with Crippen LogP contribution in [0.3, 0.4) is 0 Å². The van der Waals surface area contributed by atoms with Crippen molar-refractivity contribution in [2.75, 3.05) is 7.11 Å². The van der Waals surface area contributed by atoms with Crippen LogP contribution in [0.2, 0.25) is 0 Å². The summed E-state index contributed by atoms with van der Waals surface area (Å²) in [4.78, 5) is 8.08. The summed E-state index contributed by atoms with van der Waals surface area (Å²) in [5.74, 6) is 1.72. The number of tetrazole rings is 1. The minimum Gasteiger partial charge on any atom is -0.496 e. The zero-order chi connectivity index (χ0) is 21.6. The maximum absolute atomic E-state index is 9.25. The lowest BCUT2D eigenvalue weighted by Gasteiger charge is -2.28. The number of hydrogen-bond donors (Lipinski definition) is 2. The zero-order valence-corrected chi connectivity index (χ0v) is 17.2. The number of benzene rings is 2. The summed E-state index contributed by atoms with van der Waals surface area (Å²) in [6.45, 7) is 4.06. The van der Waals surface area contributed by atoms with E-state index in [1.165, 1.54) is 0 Å². The fourth-order valence-electron chi connectivity index (χ4n) is 4.19. The smallest absolute Gasteiger partial charge is 0.206 e. The molecule has 0 saturated carbocycles. The first kappa shape index (κ1) is 18.8. The van der Waals surface area contributed by atoms with E-state index >= 15 is 0 Å². The molecule has 9 nitrogen and oxygen atoms in total. The normalized spacial score (nSPS) is 13.4. The summed E-state index contributed by atoms with van der Waals surface area (Å²) in [7, 11) is 1.65. The Morgan fingerprint density at radius 2 is 2.13 bits per heavy atom. The van der Waals surface area contributed by atoms with Gasteiger partial charge in [0, 0.05) is 29.1 Å². The number of nitrogens with one attached hydrogen (secondary N) is 2. The highest BCUT2D eigenvalue weighted by atomic mass is 16.5. The Balaban J connectivity index is 1.81. The molecule has 5 aromatic rings. The molecular weight excluding hydrogens is 394 g/mol. The van der Waals surface area contributed by atoms with Crippen LogP contribution in [0, 0.1) is 18.3 Å². The van der Waals surface area contributed by atoms with Gasteiger partial charge in [-0.05, 0) is 49.7 Å². The molecule has 0 spiro atoms. The minimum atomic E-state index is -0.783. The minimum absolute atomic E-state index is 0.376. The van der Waals surface area contributed by atoms with Crippen LogP contribution >= 0.6 is 0 Å². The second-order valence-corrected chi connectivity index (χ2v) is 7.69. The van der Waals surface area contributed by atoms with E-state index in [0.717, 1.165) is 27.8 Å². The van der Waals surface area contributed by atoms with Gasteiger partial charge in [-0.1, -0.05) is 5.21 Å².